The summed E-state index contributed by atoms with van der Waals surface area (Å²) in [6.07, 6.45) is 6.42. The van der Waals surface area contributed by atoms with Crippen LogP contribution in [0.4, 0.5) is 0 Å². The van der Waals surface area contributed by atoms with E-state index in [0.29, 0.717) is 17.0 Å². The molecule has 0 aliphatic heterocycles. The zero-order valence-corrected chi connectivity index (χ0v) is 18.2. The lowest BCUT2D eigenvalue weighted by Gasteiger charge is -2.13. The molecule has 1 aliphatic rings. The van der Waals surface area contributed by atoms with Gasteiger partial charge in [-0.25, -0.2) is 4.98 Å². The van der Waals surface area contributed by atoms with E-state index < -0.39 is 0 Å². The standard InChI is InChI=1S/C17H18N2O.C10H10N2/c18-13-15-7-5-14(6-8-15)9-11-19-12-10-16-3-1-2-4-17(16)20;11-7-9-6-5-8-3-1-2-4-10(8)12-9/h1-8,19-20H,9-12H2;5-6H,1-4H2. The predicted octanol–water partition coefficient (Wildman–Crippen LogP) is 4.47. The van der Waals surface area contributed by atoms with Crippen LogP contribution in [0.1, 0.15) is 46.5 Å². The lowest BCUT2D eigenvalue weighted by Crippen LogP contribution is -2.20. The highest BCUT2D eigenvalue weighted by Crippen LogP contribution is 2.19. The van der Waals surface area contributed by atoms with Gasteiger partial charge in [-0.15, -0.1) is 0 Å². The fourth-order valence-electron chi connectivity index (χ4n) is 3.69. The van der Waals surface area contributed by atoms with E-state index in [9.17, 15) is 5.11 Å². The first-order valence-electron chi connectivity index (χ1n) is 11.0. The Labute approximate surface area is 190 Å². The quantitative estimate of drug-likeness (QED) is 0.570. The summed E-state index contributed by atoms with van der Waals surface area (Å²) in [7, 11) is 0. The number of fused-ring (bicyclic) bond motifs is 1. The second kappa shape index (κ2) is 12.2. The molecule has 0 amide bonds. The number of para-hydroxylation sites is 1. The Balaban J connectivity index is 0.000000204. The molecular weight excluding hydrogens is 396 g/mol. The molecule has 5 heteroatoms. The van der Waals surface area contributed by atoms with Gasteiger partial charge in [-0.3, -0.25) is 0 Å². The van der Waals surface area contributed by atoms with Crippen LogP contribution in [0.3, 0.4) is 0 Å². The first-order valence-corrected chi connectivity index (χ1v) is 11.0. The van der Waals surface area contributed by atoms with E-state index in [1.54, 1.807) is 6.07 Å². The van der Waals surface area contributed by atoms with Gasteiger partial charge in [0.05, 0.1) is 11.6 Å². The summed E-state index contributed by atoms with van der Waals surface area (Å²) < 4.78 is 0. The minimum atomic E-state index is 0.362. The van der Waals surface area contributed by atoms with Gasteiger partial charge in [0.2, 0.25) is 0 Å². The summed E-state index contributed by atoms with van der Waals surface area (Å²) in [5.41, 5.74) is 5.91. The highest BCUT2D eigenvalue weighted by molar-refractivity contribution is 5.33. The lowest BCUT2D eigenvalue weighted by atomic mass is 9.96. The van der Waals surface area contributed by atoms with E-state index >= 15 is 0 Å². The maximum Gasteiger partial charge on any atom is 0.140 e. The number of phenolic OH excluding ortho intramolecular Hbond substituents is 1. The van der Waals surface area contributed by atoms with Crippen molar-refractivity contribution in [1.82, 2.24) is 10.3 Å². The molecule has 0 radical (unpaired) electrons. The maximum absolute atomic E-state index is 9.64. The number of nitrogens with zero attached hydrogens (tertiary/aromatic N) is 3. The summed E-state index contributed by atoms with van der Waals surface area (Å²) in [6, 6.07) is 23.1. The van der Waals surface area contributed by atoms with Crippen LogP contribution >= 0.6 is 0 Å². The van der Waals surface area contributed by atoms with Gasteiger partial charge in [0.1, 0.15) is 17.5 Å². The van der Waals surface area contributed by atoms with Gasteiger partial charge in [-0.1, -0.05) is 36.4 Å². The SMILES string of the molecule is N#Cc1ccc(CCNCCc2ccccc2O)cc1.N#Cc1ccc2c(n1)CCCC2. The molecule has 0 spiro atoms. The van der Waals surface area contributed by atoms with Crippen molar-refractivity contribution in [2.45, 2.75) is 38.5 Å². The monoisotopic (exact) mass is 424 g/mol. The number of hydrogen-bond donors (Lipinski definition) is 2. The molecule has 4 rings (SSSR count). The van der Waals surface area contributed by atoms with Crippen molar-refractivity contribution in [2.75, 3.05) is 13.1 Å². The van der Waals surface area contributed by atoms with Gasteiger partial charge in [-0.2, -0.15) is 10.5 Å². The largest absolute Gasteiger partial charge is 0.508 e. The molecule has 0 atom stereocenters. The molecule has 0 saturated heterocycles. The molecule has 2 aromatic carbocycles. The highest BCUT2D eigenvalue weighted by Gasteiger charge is 2.10. The van der Waals surface area contributed by atoms with Crippen LogP contribution in [0, 0.1) is 22.7 Å². The topological polar surface area (TPSA) is 92.7 Å². The predicted molar refractivity (Wildman–Crippen MR) is 125 cm³/mol. The number of aromatic hydroxyl groups is 1. The van der Waals surface area contributed by atoms with E-state index in [1.807, 2.05) is 54.6 Å². The summed E-state index contributed by atoms with van der Waals surface area (Å²) in [6.45, 7) is 1.73. The van der Waals surface area contributed by atoms with Gasteiger partial charge in [0.15, 0.2) is 0 Å². The Bertz CT molecular complexity index is 1090. The van der Waals surface area contributed by atoms with Crippen molar-refractivity contribution in [2.24, 2.45) is 0 Å². The van der Waals surface area contributed by atoms with Crippen molar-refractivity contribution in [3.05, 3.63) is 94.3 Å². The molecule has 0 bridgehead atoms. The zero-order chi connectivity index (χ0) is 22.6. The fourth-order valence-corrected chi connectivity index (χ4v) is 3.69. The summed E-state index contributed by atoms with van der Waals surface area (Å²) in [4.78, 5) is 4.27. The maximum atomic E-state index is 9.64. The number of aryl methyl sites for hydroxylation is 2. The Morgan fingerprint density at radius 2 is 1.59 bits per heavy atom. The third-order valence-electron chi connectivity index (χ3n) is 5.53. The van der Waals surface area contributed by atoms with Crippen LogP contribution in [0.5, 0.6) is 5.75 Å². The van der Waals surface area contributed by atoms with Crippen molar-refractivity contribution < 1.29 is 5.11 Å². The number of hydrogen-bond acceptors (Lipinski definition) is 5. The van der Waals surface area contributed by atoms with Gasteiger partial charge >= 0.3 is 0 Å². The number of benzene rings is 2. The van der Waals surface area contributed by atoms with E-state index in [4.69, 9.17) is 10.5 Å². The summed E-state index contributed by atoms with van der Waals surface area (Å²) >= 11 is 0. The van der Waals surface area contributed by atoms with Crippen molar-refractivity contribution in [1.29, 1.82) is 10.5 Å². The molecule has 1 heterocycles. The van der Waals surface area contributed by atoms with Crippen LogP contribution in [0.2, 0.25) is 0 Å². The second-order valence-electron chi connectivity index (χ2n) is 7.81. The molecule has 5 nitrogen and oxygen atoms in total. The van der Waals surface area contributed by atoms with Crippen LogP contribution < -0.4 is 5.32 Å². The Hall–Kier alpha value is -3.67. The zero-order valence-electron chi connectivity index (χ0n) is 18.2. The molecule has 0 fully saturated rings. The van der Waals surface area contributed by atoms with Crippen LogP contribution in [0.25, 0.3) is 0 Å². The summed E-state index contributed by atoms with van der Waals surface area (Å²) in [5.74, 6) is 0.362. The first kappa shape index (κ1) is 23.0. The molecule has 1 aromatic heterocycles. The Morgan fingerprint density at radius 1 is 0.844 bits per heavy atom. The third kappa shape index (κ3) is 6.94. The molecule has 0 unspecified atom stereocenters. The molecule has 3 aromatic rings. The van der Waals surface area contributed by atoms with Gasteiger partial charge in [-0.05, 0) is 92.6 Å². The van der Waals surface area contributed by atoms with E-state index in [1.165, 1.54) is 24.0 Å². The highest BCUT2D eigenvalue weighted by atomic mass is 16.3. The molecule has 32 heavy (non-hydrogen) atoms. The number of nitrogens with one attached hydrogen (secondary N) is 1. The minimum Gasteiger partial charge on any atom is -0.508 e. The van der Waals surface area contributed by atoms with Crippen molar-refractivity contribution in [3.63, 3.8) is 0 Å². The van der Waals surface area contributed by atoms with E-state index in [2.05, 4.69) is 22.4 Å². The van der Waals surface area contributed by atoms with Gasteiger partial charge in [0.25, 0.3) is 0 Å². The molecule has 2 N–H and O–H groups in total. The first-order chi connectivity index (χ1) is 15.7. The van der Waals surface area contributed by atoms with Gasteiger partial charge < -0.3 is 10.4 Å². The normalized spacial score (nSPS) is 11.9. The smallest absolute Gasteiger partial charge is 0.140 e. The van der Waals surface area contributed by atoms with Crippen molar-refractivity contribution >= 4 is 0 Å². The summed E-state index contributed by atoms with van der Waals surface area (Å²) in [5, 5.41) is 30.4. The molecule has 0 saturated carbocycles. The number of aromatic nitrogens is 1. The number of phenols is 1. The number of pyridine rings is 1. The third-order valence-corrected chi connectivity index (χ3v) is 5.53. The Kier molecular flexibility index (Phi) is 8.80. The number of nitriles is 2. The lowest BCUT2D eigenvalue weighted by molar-refractivity contribution is 0.467. The fraction of sp³-hybridized carbons (Fsp3) is 0.296. The minimum absolute atomic E-state index is 0.362. The molecular formula is C27H28N4O. The van der Waals surface area contributed by atoms with Crippen LogP contribution in [-0.4, -0.2) is 23.2 Å². The average molecular weight is 425 g/mol. The molecule has 162 valence electrons. The van der Waals surface area contributed by atoms with E-state index in [0.717, 1.165) is 50.0 Å². The second-order valence-corrected chi connectivity index (χ2v) is 7.81. The van der Waals surface area contributed by atoms with Crippen LogP contribution in [0.15, 0.2) is 60.7 Å². The van der Waals surface area contributed by atoms with Crippen LogP contribution in [-0.2, 0) is 25.7 Å². The Morgan fingerprint density at radius 3 is 2.34 bits per heavy atom. The van der Waals surface area contributed by atoms with Crippen molar-refractivity contribution in [3.8, 4) is 17.9 Å². The van der Waals surface area contributed by atoms with E-state index in [-0.39, 0.29) is 0 Å². The number of rotatable bonds is 6. The van der Waals surface area contributed by atoms with Gasteiger partial charge in [0, 0.05) is 5.69 Å². The average Bonchev–Trinajstić information content (AvgIpc) is 2.85. The molecule has 1 aliphatic carbocycles.